The summed E-state index contributed by atoms with van der Waals surface area (Å²) in [6, 6.07) is 17.7. The van der Waals surface area contributed by atoms with E-state index in [4.69, 9.17) is 11.6 Å². The second-order valence-electron chi connectivity index (χ2n) is 8.75. The summed E-state index contributed by atoms with van der Waals surface area (Å²) in [6.07, 6.45) is -4.73. The van der Waals surface area contributed by atoms with Gasteiger partial charge in [-0.25, -0.2) is 8.78 Å². The fraction of sp³-hybridized carbons (Fsp3) is 0.308. The van der Waals surface area contributed by atoms with Crippen molar-refractivity contribution >= 4 is 11.6 Å². The molecule has 180 valence electrons. The van der Waals surface area contributed by atoms with Crippen LogP contribution in [0.25, 0.3) is 0 Å². The third-order valence-electron chi connectivity index (χ3n) is 6.32. The first-order valence-electron chi connectivity index (χ1n) is 10.9. The van der Waals surface area contributed by atoms with E-state index in [-0.39, 0.29) is 23.5 Å². The third kappa shape index (κ3) is 5.59. The van der Waals surface area contributed by atoms with Crippen molar-refractivity contribution < 1.29 is 22.0 Å². The number of likely N-dealkylation sites (N-methyl/N-ethyl adjacent to an activating group) is 1. The second kappa shape index (κ2) is 10.0. The Morgan fingerprint density at radius 1 is 0.912 bits per heavy atom. The molecule has 0 aromatic heterocycles. The highest BCUT2D eigenvalue weighted by Crippen LogP contribution is 2.35. The predicted octanol–water partition coefficient (Wildman–Crippen LogP) is 6.74. The Bertz CT molecular complexity index is 1140. The lowest BCUT2D eigenvalue weighted by atomic mass is 9.93. The van der Waals surface area contributed by atoms with E-state index in [1.165, 1.54) is 18.2 Å². The summed E-state index contributed by atoms with van der Waals surface area (Å²) in [5, 5.41) is 0.0491. The molecular formula is C26H24ClF5N2. The Labute approximate surface area is 200 Å². The number of likely N-dealkylation sites (tertiary alicyclic amines) is 1. The number of hydrogen-bond acceptors (Lipinski definition) is 2. The minimum atomic E-state index is -4.73. The zero-order valence-electron chi connectivity index (χ0n) is 18.5. The summed E-state index contributed by atoms with van der Waals surface area (Å²) in [7, 11) is 1.85. The van der Waals surface area contributed by atoms with Crippen molar-refractivity contribution in [2.24, 2.45) is 0 Å². The second-order valence-corrected chi connectivity index (χ2v) is 9.16. The Hall–Kier alpha value is -2.48. The van der Waals surface area contributed by atoms with Gasteiger partial charge in [0.25, 0.3) is 0 Å². The number of rotatable bonds is 6. The molecule has 0 bridgehead atoms. The van der Waals surface area contributed by atoms with Crippen LogP contribution in [0, 0.1) is 11.6 Å². The molecule has 4 rings (SSSR count). The fourth-order valence-corrected chi connectivity index (χ4v) is 4.76. The Morgan fingerprint density at radius 3 is 2.29 bits per heavy atom. The molecular weight excluding hydrogens is 471 g/mol. The molecule has 1 aliphatic heterocycles. The summed E-state index contributed by atoms with van der Waals surface area (Å²) in [5.74, 6) is -1.83. The number of nitrogens with zero attached hydrogens (tertiary/aromatic N) is 2. The van der Waals surface area contributed by atoms with E-state index in [1.807, 2.05) is 42.3 Å². The number of hydrogen-bond donors (Lipinski definition) is 0. The van der Waals surface area contributed by atoms with E-state index in [2.05, 4.69) is 4.90 Å². The highest BCUT2D eigenvalue weighted by Gasteiger charge is 2.37. The summed E-state index contributed by atoms with van der Waals surface area (Å²) < 4.78 is 67.1. The molecule has 1 saturated heterocycles. The molecule has 34 heavy (non-hydrogen) atoms. The molecule has 1 heterocycles. The van der Waals surface area contributed by atoms with Gasteiger partial charge in [-0.2, -0.15) is 13.2 Å². The van der Waals surface area contributed by atoms with Gasteiger partial charge >= 0.3 is 6.18 Å². The standard InChI is InChI=1S/C26H24ClF5N2/c1-33(13-18-7-9-21(23(28)11-18)26(30,31)32)25-16-34(14-17-5-3-2-4-6-17)15-20(25)19-8-10-22(27)24(29)12-19/h2-12,20,25H,13-16H2,1H3. The van der Waals surface area contributed by atoms with Crippen molar-refractivity contribution in [1.29, 1.82) is 0 Å². The quantitative estimate of drug-likeness (QED) is 0.350. The first-order valence-corrected chi connectivity index (χ1v) is 11.3. The molecule has 0 amide bonds. The maximum atomic E-state index is 14.2. The minimum Gasteiger partial charge on any atom is -0.297 e. The van der Waals surface area contributed by atoms with E-state index in [9.17, 15) is 22.0 Å². The maximum absolute atomic E-state index is 14.2. The van der Waals surface area contributed by atoms with Crippen LogP contribution in [0.2, 0.25) is 5.02 Å². The lowest BCUT2D eigenvalue weighted by molar-refractivity contribution is -0.140. The molecule has 0 radical (unpaired) electrons. The van der Waals surface area contributed by atoms with Crippen LogP contribution in [0.15, 0.2) is 66.7 Å². The van der Waals surface area contributed by atoms with Gasteiger partial charge < -0.3 is 0 Å². The maximum Gasteiger partial charge on any atom is 0.419 e. The summed E-state index contributed by atoms with van der Waals surface area (Å²) in [4.78, 5) is 4.26. The van der Waals surface area contributed by atoms with Crippen LogP contribution in [0.4, 0.5) is 22.0 Å². The van der Waals surface area contributed by atoms with Crippen LogP contribution in [0.1, 0.15) is 28.2 Å². The van der Waals surface area contributed by atoms with Crippen molar-refractivity contribution in [1.82, 2.24) is 9.80 Å². The van der Waals surface area contributed by atoms with E-state index >= 15 is 0 Å². The number of halogens is 6. The molecule has 2 nitrogen and oxygen atoms in total. The van der Waals surface area contributed by atoms with Crippen molar-refractivity contribution in [3.63, 3.8) is 0 Å². The molecule has 0 spiro atoms. The summed E-state index contributed by atoms with van der Waals surface area (Å²) >= 11 is 5.88. The summed E-state index contributed by atoms with van der Waals surface area (Å²) in [5.41, 5.74) is 1.11. The molecule has 1 fully saturated rings. The average Bonchev–Trinajstić information content (AvgIpc) is 3.19. The normalized spacial score (nSPS) is 19.2. The summed E-state index contributed by atoms with van der Waals surface area (Å²) in [6.45, 7) is 2.31. The molecule has 2 atom stereocenters. The third-order valence-corrected chi connectivity index (χ3v) is 6.63. The van der Waals surface area contributed by atoms with Gasteiger partial charge in [0.1, 0.15) is 11.6 Å². The van der Waals surface area contributed by atoms with Crippen LogP contribution in [-0.4, -0.2) is 36.0 Å². The topological polar surface area (TPSA) is 6.48 Å². The van der Waals surface area contributed by atoms with Crippen LogP contribution in [0.5, 0.6) is 0 Å². The van der Waals surface area contributed by atoms with Crippen LogP contribution in [0.3, 0.4) is 0 Å². The number of benzene rings is 3. The van der Waals surface area contributed by atoms with Gasteiger partial charge in [-0.15, -0.1) is 0 Å². The van der Waals surface area contributed by atoms with Gasteiger partial charge in [0.2, 0.25) is 0 Å². The van der Waals surface area contributed by atoms with E-state index in [0.717, 1.165) is 23.3 Å². The SMILES string of the molecule is CN(Cc1ccc(C(F)(F)F)c(F)c1)C1CN(Cc2ccccc2)CC1c1ccc(Cl)c(F)c1. The van der Waals surface area contributed by atoms with E-state index in [1.54, 1.807) is 6.07 Å². The predicted molar refractivity (Wildman–Crippen MR) is 123 cm³/mol. The molecule has 3 aromatic carbocycles. The van der Waals surface area contributed by atoms with Crippen molar-refractivity contribution in [3.05, 3.63) is 106 Å². The average molecular weight is 495 g/mol. The molecule has 8 heteroatoms. The van der Waals surface area contributed by atoms with Crippen molar-refractivity contribution in [2.45, 2.75) is 31.2 Å². The molecule has 0 saturated carbocycles. The fourth-order valence-electron chi connectivity index (χ4n) is 4.65. The molecule has 2 unspecified atom stereocenters. The van der Waals surface area contributed by atoms with Gasteiger partial charge in [-0.3, -0.25) is 9.80 Å². The molecule has 3 aromatic rings. The highest BCUT2D eigenvalue weighted by molar-refractivity contribution is 6.30. The van der Waals surface area contributed by atoms with E-state index in [0.29, 0.717) is 25.2 Å². The Kier molecular flexibility index (Phi) is 7.26. The van der Waals surface area contributed by atoms with Crippen LogP contribution in [-0.2, 0) is 19.3 Å². The van der Waals surface area contributed by atoms with Crippen LogP contribution < -0.4 is 0 Å². The van der Waals surface area contributed by atoms with Gasteiger partial charge in [-0.05, 0) is 48.0 Å². The lowest BCUT2D eigenvalue weighted by Crippen LogP contribution is -2.37. The first kappa shape index (κ1) is 24.6. The smallest absolute Gasteiger partial charge is 0.297 e. The Balaban J connectivity index is 1.57. The van der Waals surface area contributed by atoms with Gasteiger partial charge in [-0.1, -0.05) is 54.1 Å². The van der Waals surface area contributed by atoms with Gasteiger partial charge in [0.05, 0.1) is 10.6 Å². The monoisotopic (exact) mass is 494 g/mol. The molecule has 1 aliphatic rings. The van der Waals surface area contributed by atoms with Gasteiger partial charge in [0.15, 0.2) is 0 Å². The largest absolute Gasteiger partial charge is 0.419 e. The zero-order valence-corrected chi connectivity index (χ0v) is 19.3. The highest BCUT2D eigenvalue weighted by atomic mass is 35.5. The number of alkyl halides is 3. The van der Waals surface area contributed by atoms with Crippen molar-refractivity contribution in [2.75, 3.05) is 20.1 Å². The van der Waals surface area contributed by atoms with E-state index < -0.39 is 23.4 Å². The lowest BCUT2D eigenvalue weighted by Gasteiger charge is -2.29. The Morgan fingerprint density at radius 2 is 1.65 bits per heavy atom. The first-order chi connectivity index (χ1) is 16.1. The molecule has 0 N–H and O–H groups in total. The van der Waals surface area contributed by atoms with Gasteiger partial charge in [0, 0.05) is 38.1 Å². The zero-order chi connectivity index (χ0) is 24.5. The molecule has 0 aliphatic carbocycles. The van der Waals surface area contributed by atoms with Crippen LogP contribution >= 0.6 is 11.6 Å². The van der Waals surface area contributed by atoms with Crippen molar-refractivity contribution in [3.8, 4) is 0 Å². The minimum absolute atomic E-state index is 0.0491.